The van der Waals surface area contributed by atoms with E-state index in [1.54, 1.807) is 19.1 Å². The summed E-state index contributed by atoms with van der Waals surface area (Å²) in [6.45, 7) is 1.64. The van der Waals surface area contributed by atoms with Crippen molar-refractivity contribution in [3.63, 3.8) is 0 Å². The molecule has 0 aromatic heterocycles. The molecule has 1 aromatic carbocycles. The summed E-state index contributed by atoms with van der Waals surface area (Å²) >= 11 is 0. The molecule has 0 aliphatic heterocycles. The van der Waals surface area contributed by atoms with Crippen LogP contribution in [0.3, 0.4) is 0 Å². The van der Waals surface area contributed by atoms with Crippen LogP contribution in [0, 0.1) is 36.4 Å². The number of fused-ring (bicyclic) bond motifs is 2. The molecular weight excluding hydrogens is 273 g/mol. The molecule has 4 atom stereocenters. The fourth-order valence-electron chi connectivity index (χ4n) is 3.41. The number of hydrogen-bond donors (Lipinski definition) is 2. The zero-order valence-corrected chi connectivity index (χ0v) is 11.5. The van der Waals surface area contributed by atoms with Gasteiger partial charge in [-0.3, -0.25) is 9.59 Å². The monoisotopic (exact) mass is 289 g/mol. The number of hydrogen-bond acceptors (Lipinski definition) is 2. The number of rotatable bonds is 3. The Labute approximate surface area is 121 Å². The van der Waals surface area contributed by atoms with E-state index >= 15 is 0 Å². The summed E-state index contributed by atoms with van der Waals surface area (Å²) in [5.74, 6) is -3.05. The highest BCUT2D eigenvalue weighted by atomic mass is 19.1. The lowest BCUT2D eigenvalue weighted by Gasteiger charge is -2.23. The van der Waals surface area contributed by atoms with Crippen molar-refractivity contribution in [3.8, 4) is 0 Å². The van der Waals surface area contributed by atoms with Crippen molar-refractivity contribution in [1.29, 1.82) is 0 Å². The summed E-state index contributed by atoms with van der Waals surface area (Å²) in [5.41, 5.74) is 0.859. The fraction of sp³-hybridized carbons (Fsp3) is 0.375. The number of carboxylic acids is 1. The maximum atomic E-state index is 13.5. The van der Waals surface area contributed by atoms with Gasteiger partial charge in [0.2, 0.25) is 5.91 Å². The quantitative estimate of drug-likeness (QED) is 0.841. The highest BCUT2D eigenvalue weighted by molar-refractivity contribution is 5.96. The summed E-state index contributed by atoms with van der Waals surface area (Å²) in [7, 11) is 0. The molecule has 2 bridgehead atoms. The highest BCUT2D eigenvalue weighted by Gasteiger charge is 2.51. The first kappa shape index (κ1) is 13.8. The fourth-order valence-corrected chi connectivity index (χ4v) is 3.41. The van der Waals surface area contributed by atoms with E-state index in [2.05, 4.69) is 5.32 Å². The number of carbonyl (C=O) groups is 2. The van der Waals surface area contributed by atoms with Crippen molar-refractivity contribution >= 4 is 17.6 Å². The number of nitrogens with one attached hydrogen (secondary N) is 1. The molecule has 0 radical (unpaired) electrons. The van der Waals surface area contributed by atoms with Gasteiger partial charge in [0.05, 0.1) is 11.8 Å². The van der Waals surface area contributed by atoms with Crippen LogP contribution in [0.4, 0.5) is 10.1 Å². The number of aryl methyl sites for hydroxylation is 1. The summed E-state index contributed by atoms with van der Waals surface area (Å²) in [4.78, 5) is 23.8. The van der Waals surface area contributed by atoms with E-state index in [-0.39, 0.29) is 17.7 Å². The van der Waals surface area contributed by atoms with E-state index in [4.69, 9.17) is 0 Å². The summed E-state index contributed by atoms with van der Waals surface area (Å²) < 4.78 is 13.5. The van der Waals surface area contributed by atoms with Crippen LogP contribution < -0.4 is 5.32 Å². The van der Waals surface area contributed by atoms with Crippen molar-refractivity contribution < 1.29 is 19.1 Å². The van der Waals surface area contributed by atoms with Crippen molar-refractivity contribution in [1.82, 2.24) is 0 Å². The molecule has 5 heteroatoms. The van der Waals surface area contributed by atoms with Crippen molar-refractivity contribution in [2.75, 3.05) is 5.32 Å². The molecule has 1 aromatic rings. The Hall–Kier alpha value is -2.17. The van der Waals surface area contributed by atoms with Crippen LogP contribution in [0.25, 0.3) is 0 Å². The van der Waals surface area contributed by atoms with Crippen LogP contribution in [-0.4, -0.2) is 17.0 Å². The second-order valence-corrected chi connectivity index (χ2v) is 5.79. The maximum absolute atomic E-state index is 13.5. The standard InChI is InChI=1S/C16H16FNO3/c1-8-2-5-11(7-12(8)17)18-15(19)13-9-3-4-10(6-9)14(13)16(20)21/h2-5,7,9-10,13-14H,6H2,1H3,(H,18,19)(H,20,21)/t9-,10+,13-,14+/m1/s1. The number of allylic oxidation sites excluding steroid dienone is 2. The van der Waals surface area contributed by atoms with Crippen molar-refractivity contribution in [3.05, 3.63) is 41.7 Å². The Bertz CT molecular complexity index is 640. The van der Waals surface area contributed by atoms with Crippen molar-refractivity contribution in [2.24, 2.45) is 23.7 Å². The van der Waals surface area contributed by atoms with Gasteiger partial charge in [0.25, 0.3) is 0 Å². The first-order valence-corrected chi connectivity index (χ1v) is 6.95. The third-order valence-electron chi connectivity index (χ3n) is 4.49. The summed E-state index contributed by atoms with van der Waals surface area (Å²) in [6, 6.07) is 4.46. The predicted octanol–water partition coefficient (Wildman–Crippen LogP) is 2.60. The van der Waals surface area contributed by atoms with Gasteiger partial charge >= 0.3 is 5.97 Å². The molecule has 3 rings (SSSR count). The molecule has 2 N–H and O–H groups in total. The van der Waals surface area contributed by atoms with E-state index in [0.29, 0.717) is 17.7 Å². The first-order chi connectivity index (χ1) is 9.97. The lowest BCUT2D eigenvalue weighted by molar-refractivity contribution is -0.146. The molecule has 2 aliphatic carbocycles. The van der Waals surface area contributed by atoms with E-state index in [1.165, 1.54) is 6.07 Å². The van der Waals surface area contributed by atoms with Crippen LogP contribution in [0.15, 0.2) is 30.4 Å². The van der Waals surface area contributed by atoms with Gasteiger partial charge in [0, 0.05) is 5.69 Å². The number of halogens is 1. The van der Waals surface area contributed by atoms with E-state index in [1.807, 2.05) is 12.2 Å². The van der Waals surface area contributed by atoms with Gasteiger partial charge in [-0.05, 0) is 42.9 Å². The van der Waals surface area contributed by atoms with Crippen LogP contribution in [0.1, 0.15) is 12.0 Å². The minimum absolute atomic E-state index is 0.0357. The number of amides is 1. The Morgan fingerprint density at radius 2 is 1.90 bits per heavy atom. The minimum Gasteiger partial charge on any atom is -0.481 e. The molecule has 21 heavy (non-hydrogen) atoms. The SMILES string of the molecule is Cc1ccc(NC(=O)[C@H]2[C@@H](C(=O)O)[C@H]3C=C[C@@H]2C3)cc1F. The van der Waals surface area contributed by atoms with Crippen molar-refractivity contribution in [2.45, 2.75) is 13.3 Å². The van der Waals surface area contributed by atoms with Crippen LogP contribution in [0.5, 0.6) is 0 Å². The third kappa shape index (κ3) is 2.33. The maximum Gasteiger partial charge on any atom is 0.307 e. The molecule has 2 aliphatic rings. The first-order valence-electron chi connectivity index (χ1n) is 6.95. The van der Waals surface area contributed by atoms with Gasteiger partial charge in [-0.15, -0.1) is 0 Å². The Morgan fingerprint density at radius 3 is 2.52 bits per heavy atom. The average molecular weight is 289 g/mol. The number of benzene rings is 1. The molecule has 1 fully saturated rings. The largest absolute Gasteiger partial charge is 0.481 e. The Kier molecular flexibility index (Phi) is 3.27. The Morgan fingerprint density at radius 1 is 1.24 bits per heavy atom. The zero-order valence-electron chi connectivity index (χ0n) is 11.5. The Balaban J connectivity index is 1.80. The molecule has 4 nitrogen and oxygen atoms in total. The number of aliphatic carboxylic acids is 1. The normalized spacial score (nSPS) is 29.6. The highest BCUT2D eigenvalue weighted by Crippen LogP contribution is 2.48. The number of anilines is 1. The van der Waals surface area contributed by atoms with E-state index in [0.717, 1.165) is 0 Å². The van der Waals surface area contributed by atoms with Crippen LogP contribution >= 0.6 is 0 Å². The van der Waals surface area contributed by atoms with Gasteiger partial charge in [-0.25, -0.2) is 4.39 Å². The van der Waals surface area contributed by atoms with Gasteiger partial charge < -0.3 is 10.4 Å². The predicted molar refractivity (Wildman–Crippen MR) is 75.1 cm³/mol. The molecule has 0 unspecified atom stereocenters. The van der Waals surface area contributed by atoms with Gasteiger partial charge in [-0.2, -0.15) is 0 Å². The zero-order chi connectivity index (χ0) is 15.1. The summed E-state index contributed by atoms with van der Waals surface area (Å²) in [6.07, 6.45) is 4.51. The second kappa shape index (κ2) is 4.98. The van der Waals surface area contributed by atoms with E-state index < -0.39 is 23.6 Å². The third-order valence-corrected chi connectivity index (χ3v) is 4.49. The number of carbonyl (C=O) groups excluding carboxylic acids is 1. The van der Waals surface area contributed by atoms with Crippen LogP contribution in [-0.2, 0) is 9.59 Å². The lowest BCUT2D eigenvalue weighted by atomic mass is 9.82. The molecular formula is C16H16FNO3. The van der Waals surface area contributed by atoms with Gasteiger partial charge in [0.15, 0.2) is 0 Å². The molecule has 1 saturated carbocycles. The smallest absolute Gasteiger partial charge is 0.307 e. The molecule has 1 amide bonds. The van der Waals surface area contributed by atoms with Gasteiger partial charge in [0.1, 0.15) is 5.82 Å². The van der Waals surface area contributed by atoms with Gasteiger partial charge in [-0.1, -0.05) is 18.2 Å². The van der Waals surface area contributed by atoms with Crippen LogP contribution in [0.2, 0.25) is 0 Å². The van der Waals surface area contributed by atoms with E-state index in [9.17, 15) is 19.1 Å². The molecule has 110 valence electrons. The second-order valence-electron chi connectivity index (χ2n) is 5.79. The topological polar surface area (TPSA) is 66.4 Å². The molecule has 0 spiro atoms. The average Bonchev–Trinajstić information content (AvgIpc) is 3.03. The lowest BCUT2D eigenvalue weighted by Crippen LogP contribution is -2.36. The molecule has 0 heterocycles. The number of carboxylic acid groups (broad SMARTS) is 1. The minimum atomic E-state index is -0.943. The summed E-state index contributed by atoms with van der Waals surface area (Å²) in [5, 5.41) is 12.0. The molecule has 0 saturated heterocycles.